The lowest BCUT2D eigenvalue weighted by Crippen LogP contribution is -2.46. The van der Waals surface area contributed by atoms with Gasteiger partial charge >= 0.3 is 0 Å². The van der Waals surface area contributed by atoms with Gasteiger partial charge in [0.05, 0.1) is 17.7 Å². The molecule has 1 heterocycles. The first kappa shape index (κ1) is 15.1. The molecule has 0 aromatic heterocycles. The Morgan fingerprint density at radius 3 is 2.52 bits per heavy atom. The predicted octanol–water partition coefficient (Wildman–Crippen LogP) is 2.57. The zero-order valence-electron chi connectivity index (χ0n) is 13.3. The molecular weight excluding hydrogens is 286 g/mol. The molecule has 0 radical (unpaired) electrons. The van der Waals surface area contributed by atoms with Crippen LogP contribution in [0.4, 0.5) is 0 Å². The molecule has 3 rings (SSSR count). The summed E-state index contributed by atoms with van der Waals surface area (Å²) >= 11 is 0. The van der Waals surface area contributed by atoms with Gasteiger partial charge in [0.1, 0.15) is 0 Å². The van der Waals surface area contributed by atoms with Crippen molar-refractivity contribution in [1.29, 1.82) is 0 Å². The van der Waals surface area contributed by atoms with E-state index in [2.05, 4.69) is 20.4 Å². The molecule has 2 bridgehead atoms. The van der Waals surface area contributed by atoms with E-state index in [-0.39, 0.29) is 28.5 Å². The van der Waals surface area contributed by atoms with Gasteiger partial charge in [-0.15, -0.1) is 0 Å². The zero-order valence-corrected chi connectivity index (χ0v) is 14.2. The van der Waals surface area contributed by atoms with Crippen LogP contribution in [0, 0.1) is 22.7 Å². The molecule has 2 aliphatic carbocycles. The molecular formula is C16H25NO3S. The Balaban J connectivity index is 2.05. The van der Waals surface area contributed by atoms with Gasteiger partial charge in [-0.25, -0.2) is 12.7 Å². The summed E-state index contributed by atoms with van der Waals surface area (Å²) in [5.41, 5.74) is 0.492. The predicted molar refractivity (Wildman–Crippen MR) is 82.0 cm³/mol. The highest BCUT2D eigenvalue weighted by Gasteiger charge is 2.72. The summed E-state index contributed by atoms with van der Waals surface area (Å²) in [5, 5.41) is 0. The molecule has 3 aliphatic rings. The van der Waals surface area contributed by atoms with Gasteiger partial charge in [-0.2, -0.15) is 0 Å². The van der Waals surface area contributed by atoms with Crippen molar-refractivity contribution in [1.82, 2.24) is 4.31 Å². The van der Waals surface area contributed by atoms with E-state index in [0.29, 0.717) is 5.92 Å². The Labute approximate surface area is 127 Å². The normalized spacial score (nSPS) is 40.1. The fraction of sp³-hybridized carbons (Fsp3) is 0.812. The number of amides is 1. The summed E-state index contributed by atoms with van der Waals surface area (Å²) in [6, 6.07) is -0.134. The van der Waals surface area contributed by atoms with E-state index < -0.39 is 15.9 Å². The number of nitrogens with zero attached hydrogens (tertiary/aromatic N) is 1. The van der Waals surface area contributed by atoms with Gasteiger partial charge in [-0.3, -0.25) is 4.79 Å². The number of rotatable bonds is 2. The van der Waals surface area contributed by atoms with E-state index >= 15 is 0 Å². The average molecular weight is 311 g/mol. The molecule has 4 nitrogen and oxygen atoms in total. The van der Waals surface area contributed by atoms with Crippen LogP contribution in [0.15, 0.2) is 12.2 Å². The second-order valence-corrected chi connectivity index (χ2v) is 9.67. The van der Waals surface area contributed by atoms with E-state index in [1.807, 2.05) is 0 Å². The molecule has 1 aliphatic heterocycles. The zero-order chi connectivity index (χ0) is 15.8. The minimum absolute atomic E-state index is 0.00618. The van der Waals surface area contributed by atoms with Crippen molar-refractivity contribution in [2.24, 2.45) is 22.7 Å². The smallest absolute Gasteiger partial charge is 0.243 e. The molecule has 4 atom stereocenters. The molecule has 3 fully saturated rings. The number of hydrogen-bond acceptors (Lipinski definition) is 3. The van der Waals surface area contributed by atoms with Gasteiger partial charge in [0.25, 0.3) is 0 Å². The fourth-order valence-corrected chi connectivity index (χ4v) is 7.59. The third-order valence-electron chi connectivity index (χ3n) is 6.74. The molecule has 0 unspecified atom stereocenters. The largest absolute Gasteiger partial charge is 0.273 e. The number of carbonyl (C=O) groups is 1. The summed E-state index contributed by atoms with van der Waals surface area (Å²) in [7, 11) is -3.50. The Morgan fingerprint density at radius 1 is 1.38 bits per heavy atom. The minimum atomic E-state index is -3.50. The Hall–Kier alpha value is -0.840. The van der Waals surface area contributed by atoms with Crippen LogP contribution in [0.25, 0.3) is 0 Å². The Bertz CT molecular complexity index is 621. The minimum Gasteiger partial charge on any atom is -0.273 e. The van der Waals surface area contributed by atoms with Crippen LogP contribution in [0.1, 0.15) is 47.0 Å². The topological polar surface area (TPSA) is 54.5 Å². The maximum atomic E-state index is 12.7. The van der Waals surface area contributed by atoms with Crippen molar-refractivity contribution in [2.75, 3.05) is 5.75 Å². The van der Waals surface area contributed by atoms with Crippen LogP contribution >= 0.6 is 0 Å². The number of hydrogen-bond donors (Lipinski definition) is 0. The Morgan fingerprint density at radius 2 is 2.00 bits per heavy atom. The van der Waals surface area contributed by atoms with Crippen molar-refractivity contribution < 1.29 is 13.2 Å². The van der Waals surface area contributed by atoms with Gasteiger partial charge < -0.3 is 0 Å². The van der Waals surface area contributed by atoms with Crippen molar-refractivity contribution in [3.63, 3.8) is 0 Å². The summed E-state index contributed by atoms with van der Waals surface area (Å²) in [6.45, 7) is 11.7. The quantitative estimate of drug-likeness (QED) is 0.737. The van der Waals surface area contributed by atoms with E-state index in [0.717, 1.165) is 24.8 Å². The maximum Gasteiger partial charge on any atom is 0.243 e. The first-order valence-corrected chi connectivity index (χ1v) is 9.37. The number of fused-ring (bicyclic) bond motifs is 1. The maximum absolute atomic E-state index is 12.7. The highest BCUT2D eigenvalue weighted by atomic mass is 32.2. The van der Waals surface area contributed by atoms with Gasteiger partial charge in [-0.1, -0.05) is 26.0 Å². The molecule has 118 valence electrons. The molecule has 2 saturated carbocycles. The monoisotopic (exact) mass is 311 g/mol. The summed E-state index contributed by atoms with van der Waals surface area (Å²) in [6.07, 6.45) is 2.86. The van der Waals surface area contributed by atoms with Crippen molar-refractivity contribution >= 4 is 15.9 Å². The summed E-state index contributed by atoms with van der Waals surface area (Å²) in [4.78, 5) is 12.7. The van der Waals surface area contributed by atoms with Gasteiger partial charge in [0.2, 0.25) is 15.9 Å². The standard InChI is InChI=1S/C16H25NO3S/c1-10(2)11(3)14(18)17-13-8-12-6-7-16(13,15(12,4)5)9-21(17,19)20/h11-13H,1,6-9H2,2-5H3/t11-,12-,13-,16-/m0/s1. The van der Waals surface area contributed by atoms with Crippen LogP contribution in [0.2, 0.25) is 0 Å². The first-order chi connectivity index (χ1) is 9.54. The fourth-order valence-electron chi connectivity index (χ4n) is 4.98. The molecule has 5 heteroatoms. The summed E-state index contributed by atoms with van der Waals surface area (Å²) in [5.74, 6) is -0.0404. The van der Waals surface area contributed by atoms with Crippen molar-refractivity contribution in [3.05, 3.63) is 12.2 Å². The van der Waals surface area contributed by atoms with Crippen molar-refractivity contribution in [3.8, 4) is 0 Å². The second kappa shape index (κ2) is 4.12. The molecule has 1 saturated heterocycles. The molecule has 1 amide bonds. The lowest BCUT2D eigenvalue weighted by molar-refractivity contribution is -0.131. The second-order valence-electron chi connectivity index (χ2n) is 7.82. The number of carbonyl (C=O) groups excluding carboxylic acids is 1. The molecule has 21 heavy (non-hydrogen) atoms. The van der Waals surface area contributed by atoms with E-state index in [4.69, 9.17) is 0 Å². The third-order valence-corrected chi connectivity index (χ3v) is 8.65. The van der Waals surface area contributed by atoms with Crippen LogP contribution in [-0.2, 0) is 14.8 Å². The van der Waals surface area contributed by atoms with Crippen LogP contribution in [0.5, 0.6) is 0 Å². The average Bonchev–Trinajstić information content (AvgIpc) is 2.83. The SMILES string of the molecule is C=C(C)[C@H](C)C(=O)N1[C@H]2C[C@@H]3CC[C@@]2(CS1(=O)=O)C3(C)C. The molecule has 1 spiro atoms. The molecule has 0 N–H and O–H groups in total. The molecule has 0 aromatic carbocycles. The van der Waals surface area contributed by atoms with Crippen LogP contribution in [-0.4, -0.2) is 30.4 Å². The van der Waals surface area contributed by atoms with Crippen molar-refractivity contribution in [2.45, 2.75) is 53.0 Å². The van der Waals surface area contributed by atoms with Crippen LogP contribution in [0.3, 0.4) is 0 Å². The van der Waals surface area contributed by atoms with E-state index in [1.165, 1.54) is 4.31 Å². The summed E-state index contributed by atoms with van der Waals surface area (Å²) < 4.78 is 26.6. The Kier molecular flexibility index (Phi) is 2.96. The highest BCUT2D eigenvalue weighted by molar-refractivity contribution is 7.90. The lowest BCUT2D eigenvalue weighted by Gasteiger charge is -2.37. The van der Waals surface area contributed by atoms with Crippen LogP contribution < -0.4 is 0 Å². The van der Waals surface area contributed by atoms with Gasteiger partial charge in [-0.05, 0) is 44.4 Å². The molecule has 0 aromatic rings. The van der Waals surface area contributed by atoms with E-state index in [1.54, 1.807) is 13.8 Å². The highest BCUT2D eigenvalue weighted by Crippen LogP contribution is 2.70. The first-order valence-electron chi connectivity index (χ1n) is 7.76. The number of sulfonamides is 1. The van der Waals surface area contributed by atoms with Gasteiger partial charge in [0, 0.05) is 5.41 Å². The lowest BCUT2D eigenvalue weighted by atomic mass is 9.69. The van der Waals surface area contributed by atoms with Gasteiger partial charge in [0.15, 0.2) is 0 Å². The third kappa shape index (κ3) is 1.67. The van der Waals surface area contributed by atoms with E-state index in [9.17, 15) is 13.2 Å².